The van der Waals surface area contributed by atoms with Crippen molar-refractivity contribution in [2.45, 2.75) is 11.1 Å². The highest BCUT2D eigenvalue weighted by Gasteiger charge is 2.32. The van der Waals surface area contributed by atoms with E-state index in [1.165, 1.54) is 25.3 Å². The van der Waals surface area contributed by atoms with Crippen LogP contribution in [0.2, 0.25) is 10.0 Å². The Morgan fingerprint density at radius 2 is 1.72 bits per heavy atom. The number of benzene rings is 2. The first-order valence-corrected chi connectivity index (χ1v) is 8.88. The maximum absolute atomic E-state index is 12.8. The molecule has 0 radical (unpaired) electrons. The van der Waals surface area contributed by atoms with Crippen molar-refractivity contribution in [3.8, 4) is 5.75 Å². The molecule has 0 fully saturated rings. The molecule has 0 aliphatic carbocycles. The van der Waals surface area contributed by atoms with Crippen molar-refractivity contribution >= 4 is 38.9 Å². The third kappa shape index (κ3) is 3.80. The summed E-state index contributed by atoms with van der Waals surface area (Å²) in [5.74, 6) is 0.173. The topological polar surface area (TPSA) is 46.6 Å². The predicted molar refractivity (Wildman–Crippen MR) is 90.0 cm³/mol. The molecule has 0 heterocycles. The first kappa shape index (κ1) is 19.7. The van der Waals surface area contributed by atoms with E-state index in [-0.39, 0.29) is 26.4 Å². The monoisotopic (exact) mass is 413 g/mol. The van der Waals surface area contributed by atoms with Gasteiger partial charge in [0.2, 0.25) is 0 Å². The average molecular weight is 414 g/mol. The molecule has 0 N–H and O–H groups in total. The summed E-state index contributed by atoms with van der Waals surface area (Å²) in [6.45, 7) is 0. The van der Waals surface area contributed by atoms with Crippen molar-refractivity contribution in [2.75, 3.05) is 18.5 Å². The van der Waals surface area contributed by atoms with E-state index < -0.39 is 21.8 Å². The number of nitrogens with zero attached hydrogens (tertiary/aromatic N) is 1. The van der Waals surface area contributed by atoms with E-state index in [1.54, 1.807) is 0 Å². The molecule has 0 aromatic heterocycles. The largest absolute Gasteiger partial charge is 0.495 e. The summed E-state index contributed by atoms with van der Waals surface area (Å²) >= 11 is 12.0. The van der Waals surface area contributed by atoms with Gasteiger partial charge >= 0.3 is 6.18 Å². The van der Waals surface area contributed by atoms with Crippen molar-refractivity contribution in [2.24, 2.45) is 0 Å². The lowest BCUT2D eigenvalue weighted by Crippen LogP contribution is -2.27. The Morgan fingerprint density at radius 1 is 1.08 bits per heavy atom. The molecule has 0 aliphatic rings. The third-order valence-corrected chi connectivity index (χ3v) is 6.21. The van der Waals surface area contributed by atoms with E-state index >= 15 is 0 Å². The van der Waals surface area contributed by atoms with Crippen LogP contribution >= 0.6 is 23.2 Å². The third-order valence-electron chi connectivity index (χ3n) is 3.41. The summed E-state index contributed by atoms with van der Waals surface area (Å²) in [5.41, 5.74) is -1.14. The van der Waals surface area contributed by atoms with Crippen LogP contribution in [0.5, 0.6) is 5.75 Å². The SMILES string of the molecule is COc1ccc(S(=O)(=O)N(C)c2cccc(C(F)(F)F)c2)c(Cl)c1Cl. The predicted octanol–water partition coefficient (Wildman–Crippen LogP) is 4.85. The van der Waals surface area contributed by atoms with Gasteiger partial charge in [0.25, 0.3) is 10.0 Å². The molecule has 0 atom stereocenters. The summed E-state index contributed by atoms with van der Waals surface area (Å²) in [7, 11) is -1.78. The van der Waals surface area contributed by atoms with E-state index in [1.807, 2.05) is 0 Å². The lowest BCUT2D eigenvalue weighted by molar-refractivity contribution is -0.137. The van der Waals surface area contributed by atoms with Crippen LogP contribution in [-0.2, 0) is 16.2 Å². The molecule has 0 spiro atoms. The zero-order chi connectivity index (χ0) is 19.0. The van der Waals surface area contributed by atoms with Gasteiger partial charge in [-0.3, -0.25) is 4.31 Å². The van der Waals surface area contributed by atoms with E-state index in [2.05, 4.69) is 0 Å². The van der Waals surface area contributed by atoms with Crippen LogP contribution in [0.4, 0.5) is 18.9 Å². The minimum Gasteiger partial charge on any atom is -0.495 e. The molecular weight excluding hydrogens is 402 g/mol. The normalized spacial score (nSPS) is 12.1. The second-order valence-electron chi connectivity index (χ2n) is 4.91. The lowest BCUT2D eigenvalue weighted by Gasteiger charge is -2.21. The molecule has 136 valence electrons. The summed E-state index contributed by atoms with van der Waals surface area (Å²) in [5, 5.41) is -0.387. The number of sulfonamides is 1. The van der Waals surface area contributed by atoms with E-state index in [9.17, 15) is 21.6 Å². The molecule has 0 amide bonds. The molecule has 2 aromatic carbocycles. The maximum atomic E-state index is 12.8. The molecule has 0 unspecified atom stereocenters. The Morgan fingerprint density at radius 3 is 2.28 bits per heavy atom. The number of anilines is 1. The number of ether oxygens (including phenoxy) is 1. The highest BCUT2D eigenvalue weighted by Crippen LogP contribution is 2.39. The van der Waals surface area contributed by atoms with Crippen LogP contribution < -0.4 is 9.04 Å². The van der Waals surface area contributed by atoms with Gasteiger partial charge in [0.15, 0.2) is 0 Å². The van der Waals surface area contributed by atoms with Gasteiger partial charge in [-0.05, 0) is 30.3 Å². The van der Waals surface area contributed by atoms with Crippen LogP contribution in [0.3, 0.4) is 0 Å². The molecule has 0 saturated carbocycles. The Labute approximate surface area is 152 Å². The second-order valence-corrected chi connectivity index (χ2v) is 7.61. The molecule has 25 heavy (non-hydrogen) atoms. The summed E-state index contributed by atoms with van der Waals surface area (Å²) < 4.78 is 69.6. The molecule has 0 bridgehead atoms. The molecule has 0 aliphatic heterocycles. The standard InChI is InChI=1S/C15H12Cl2F3NO3S/c1-21(10-5-3-4-9(8-10)15(18,19)20)25(22,23)12-7-6-11(24-2)13(16)14(12)17/h3-8H,1-2H3. The van der Waals surface area contributed by atoms with Gasteiger partial charge in [0.1, 0.15) is 15.7 Å². The molecule has 2 rings (SSSR count). The van der Waals surface area contributed by atoms with Gasteiger partial charge in [-0.25, -0.2) is 8.42 Å². The van der Waals surface area contributed by atoms with E-state index in [4.69, 9.17) is 27.9 Å². The van der Waals surface area contributed by atoms with E-state index in [0.29, 0.717) is 4.31 Å². The van der Waals surface area contributed by atoms with Crippen LogP contribution in [0.25, 0.3) is 0 Å². The maximum Gasteiger partial charge on any atom is 0.416 e. The molecule has 10 heteroatoms. The van der Waals surface area contributed by atoms with Gasteiger partial charge < -0.3 is 4.74 Å². The van der Waals surface area contributed by atoms with Crippen LogP contribution in [0.1, 0.15) is 5.56 Å². The van der Waals surface area contributed by atoms with Crippen molar-refractivity contribution < 1.29 is 26.3 Å². The minimum absolute atomic E-state index is 0.109. The fourth-order valence-corrected chi connectivity index (χ4v) is 4.04. The number of hydrogen-bond acceptors (Lipinski definition) is 3. The Hall–Kier alpha value is -1.64. The minimum atomic E-state index is -4.60. The zero-order valence-corrected chi connectivity index (χ0v) is 15.3. The number of rotatable bonds is 4. The number of alkyl halides is 3. The first-order valence-electron chi connectivity index (χ1n) is 6.68. The molecule has 2 aromatic rings. The quantitative estimate of drug-likeness (QED) is 0.719. The van der Waals surface area contributed by atoms with Crippen molar-refractivity contribution in [1.29, 1.82) is 0 Å². The Kier molecular flexibility index (Phi) is 5.46. The van der Waals surface area contributed by atoms with Gasteiger partial charge in [-0.15, -0.1) is 0 Å². The lowest BCUT2D eigenvalue weighted by atomic mass is 10.2. The van der Waals surface area contributed by atoms with Gasteiger partial charge in [0, 0.05) is 7.05 Å². The molecule has 4 nitrogen and oxygen atoms in total. The van der Waals surface area contributed by atoms with Gasteiger partial charge in [-0.2, -0.15) is 13.2 Å². The van der Waals surface area contributed by atoms with Crippen LogP contribution in [0.15, 0.2) is 41.3 Å². The second kappa shape index (κ2) is 6.93. The van der Waals surface area contributed by atoms with Crippen LogP contribution in [-0.4, -0.2) is 22.6 Å². The summed E-state index contributed by atoms with van der Waals surface area (Å²) in [6, 6.07) is 6.42. The molecular formula is C15H12Cl2F3NO3S. The smallest absolute Gasteiger partial charge is 0.416 e. The van der Waals surface area contributed by atoms with Crippen molar-refractivity contribution in [3.63, 3.8) is 0 Å². The first-order chi connectivity index (χ1) is 11.5. The summed E-state index contributed by atoms with van der Waals surface area (Å²) in [4.78, 5) is -0.347. The molecule has 0 saturated heterocycles. The number of hydrogen-bond donors (Lipinski definition) is 0. The fraction of sp³-hybridized carbons (Fsp3) is 0.200. The van der Waals surface area contributed by atoms with Crippen molar-refractivity contribution in [3.05, 3.63) is 52.0 Å². The van der Waals surface area contributed by atoms with Crippen LogP contribution in [0, 0.1) is 0 Å². The number of methoxy groups -OCH3 is 1. The van der Waals surface area contributed by atoms with Crippen molar-refractivity contribution in [1.82, 2.24) is 0 Å². The Bertz CT molecular complexity index is 901. The highest BCUT2D eigenvalue weighted by molar-refractivity contribution is 7.93. The van der Waals surface area contributed by atoms with Gasteiger partial charge in [0.05, 0.1) is 23.4 Å². The fourth-order valence-electron chi connectivity index (χ4n) is 2.04. The average Bonchev–Trinajstić information content (AvgIpc) is 2.55. The zero-order valence-electron chi connectivity index (χ0n) is 12.9. The van der Waals surface area contributed by atoms with E-state index in [0.717, 1.165) is 25.2 Å². The summed E-state index contributed by atoms with van der Waals surface area (Å²) in [6.07, 6.45) is -4.60. The Balaban J connectivity index is 2.52. The highest BCUT2D eigenvalue weighted by atomic mass is 35.5. The van der Waals surface area contributed by atoms with Gasteiger partial charge in [-0.1, -0.05) is 29.3 Å². The number of halogens is 5.